The minimum Gasteiger partial charge on any atom is -0.459 e. The van der Waals surface area contributed by atoms with E-state index in [2.05, 4.69) is 67.7 Å². The van der Waals surface area contributed by atoms with Gasteiger partial charge in [0, 0.05) is 5.39 Å². The van der Waals surface area contributed by atoms with Crippen LogP contribution in [-0.4, -0.2) is 6.54 Å². The fraction of sp³-hybridized carbons (Fsp3) is 0.263. The summed E-state index contributed by atoms with van der Waals surface area (Å²) in [6, 6.07) is 19.1. The standard InChI is InChI=1S/C19H21NO/c1-3-11-20-19(15-7-5-4-6-8-15)18-13-16-12-14(2)9-10-17(16)21-18/h4-10,12-13,19-20H,3,11H2,1-2H3. The van der Waals surface area contributed by atoms with Crippen LogP contribution in [0.25, 0.3) is 11.0 Å². The zero-order chi connectivity index (χ0) is 14.7. The van der Waals surface area contributed by atoms with Gasteiger partial charge in [0.25, 0.3) is 0 Å². The van der Waals surface area contributed by atoms with Crippen molar-refractivity contribution in [1.82, 2.24) is 5.32 Å². The Labute approximate surface area is 125 Å². The lowest BCUT2D eigenvalue weighted by Crippen LogP contribution is -2.22. The minimum atomic E-state index is 0.110. The summed E-state index contributed by atoms with van der Waals surface area (Å²) in [5, 5.41) is 4.75. The molecule has 3 rings (SSSR count). The van der Waals surface area contributed by atoms with Gasteiger partial charge < -0.3 is 9.73 Å². The Morgan fingerprint density at radius 1 is 1.05 bits per heavy atom. The molecule has 0 bridgehead atoms. The van der Waals surface area contributed by atoms with Gasteiger partial charge in [-0.05, 0) is 43.7 Å². The van der Waals surface area contributed by atoms with Gasteiger partial charge in [0.15, 0.2) is 0 Å². The van der Waals surface area contributed by atoms with Crippen molar-refractivity contribution in [2.75, 3.05) is 6.54 Å². The summed E-state index contributed by atoms with van der Waals surface area (Å²) >= 11 is 0. The average molecular weight is 279 g/mol. The van der Waals surface area contributed by atoms with Crippen LogP contribution in [0.1, 0.15) is 36.3 Å². The highest BCUT2D eigenvalue weighted by atomic mass is 16.3. The highest BCUT2D eigenvalue weighted by Gasteiger charge is 2.17. The first-order valence-corrected chi connectivity index (χ1v) is 7.56. The predicted molar refractivity (Wildman–Crippen MR) is 87.5 cm³/mol. The maximum absolute atomic E-state index is 6.07. The fourth-order valence-corrected chi connectivity index (χ4v) is 2.64. The lowest BCUT2D eigenvalue weighted by atomic mass is 10.0. The molecule has 1 aromatic heterocycles. The summed E-state index contributed by atoms with van der Waals surface area (Å²) in [7, 11) is 0. The Bertz CT molecular complexity index is 715. The first-order valence-electron chi connectivity index (χ1n) is 7.56. The van der Waals surface area contributed by atoms with Crippen LogP contribution in [0.15, 0.2) is 59.0 Å². The summed E-state index contributed by atoms with van der Waals surface area (Å²) in [6.45, 7) is 5.25. The molecule has 21 heavy (non-hydrogen) atoms. The molecule has 3 aromatic rings. The molecule has 1 atom stereocenters. The summed E-state index contributed by atoms with van der Waals surface area (Å²) in [5.41, 5.74) is 3.45. The summed E-state index contributed by atoms with van der Waals surface area (Å²) in [5.74, 6) is 0.982. The maximum atomic E-state index is 6.07. The topological polar surface area (TPSA) is 25.2 Å². The second kappa shape index (κ2) is 6.15. The number of aryl methyl sites for hydroxylation is 1. The largest absolute Gasteiger partial charge is 0.459 e. The molecule has 0 aliphatic heterocycles. The third-order valence-electron chi connectivity index (χ3n) is 3.71. The number of rotatable bonds is 5. The first kappa shape index (κ1) is 13.9. The molecule has 1 N–H and O–H groups in total. The molecule has 2 aromatic carbocycles. The second-order valence-corrected chi connectivity index (χ2v) is 5.49. The normalized spacial score (nSPS) is 12.7. The molecule has 0 fully saturated rings. The van der Waals surface area contributed by atoms with Crippen molar-refractivity contribution in [3.05, 3.63) is 71.5 Å². The van der Waals surface area contributed by atoms with Crippen molar-refractivity contribution in [3.8, 4) is 0 Å². The molecule has 1 heterocycles. The van der Waals surface area contributed by atoms with E-state index in [4.69, 9.17) is 4.42 Å². The lowest BCUT2D eigenvalue weighted by Gasteiger charge is -2.16. The molecule has 2 nitrogen and oxygen atoms in total. The zero-order valence-electron chi connectivity index (χ0n) is 12.6. The van der Waals surface area contributed by atoms with E-state index in [-0.39, 0.29) is 6.04 Å². The van der Waals surface area contributed by atoms with Crippen LogP contribution in [0, 0.1) is 6.92 Å². The van der Waals surface area contributed by atoms with Crippen LogP contribution >= 0.6 is 0 Å². The maximum Gasteiger partial charge on any atom is 0.134 e. The SMILES string of the molecule is CCCNC(c1ccccc1)c1cc2cc(C)ccc2o1. The molecule has 2 heteroatoms. The number of hydrogen-bond acceptors (Lipinski definition) is 2. The molecular formula is C19H21NO. The van der Waals surface area contributed by atoms with Crippen molar-refractivity contribution in [3.63, 3.8) is 0 Å². The van der Waals surface area contributed by atoms with Gasteiger partial charge in [-0.25, -0.2) is 0 Å². The molecule has 0 saturated carbocycles. The summed E-state index contributed by atoms with van der Waals surface area (Å²) < 4.78 is 6.07. The van der Waals surface area contributed by atoms with E-state index in [0.717, 1.165) is 24.3 Å². The van der Waals surface area contributed by atoms with E-state index < -0.39 is 0 Å². The zero-order valence-corrected chi connectivity index (χ0v) is 12.6. The molecule has 0 saturated heterocycles. The Hall–Kier alpha value is -2.06. The van der Waals surface area contributed by atoms with Crippen LogP contribution in [-0.2, 0) is 0 Å². The number of benzene rings is 2. The van der Waals surface area contributed by atoms with Crippen molar-refractivity contribution in [2.45, 2.75) is 26.3 Å². The van der Waals surface area contributed by atoms with E-state index >= 15 is 0 Å². The van der Waals surface area contributed by atoms with Gasteiger partial charge in [-0.1, -0.05) is 48.9 Å². The van der Waals surface area contributed by atoms with Crippen molar-refractivity contribution >= 4 is 11.0 Å². The van der Waals surface area contributed by atoms with Crippen LogP contribution in [0.3, 0.4) is 0 Å². The molecule has 1 unspecified atom stereocenters. The third-order valence-corrected chi connectivity index (χ3v) is 3.71. The summed E-state index contributed by atoms with van der Waals surface area (Å²) in [6.07, 6.45) is 1.10. The van der Waals surface area contributed by atoms with E-state index in [1.165, 1.54) is 16.5 Å². The van der Waals surface area contributed by atoms with E-state index in [1.54, 1.807) is 0 Å². The van der Waals surface area contributed by atoms with Crippen LogP contribution in [0.2, 0.25) is 0 Å². The van der Waals surface area contributed by atoms with E-state index in [0.29, 0.717) is 0 Å². The average Bonchev–Trinajstić information content (AvgIpc) is 2.91. The van der Waals surface area contributed by atoms with Gasteiger partial charge in [0.1, 0.15) is 11.3 Å². The monoisotopic (exact) mass is 279 g/mol. The highest BCUT2D eigenvalue weighted by molar-refractivity contribution is 5.78. The van der Waals surface area contributed by atoms with Gasteiger partial charge in [-0.2, -0.15) is 0 Å². The Kier molecular flexibility index (Phi) is 4.07. The number of fused-ring (bicyclic) bond motifs is 1. The first-order chi connectivity index (χ1) is 10.3. The van der Waals surface area contributed by atoms with Crippen molar-refractivity contribution in [2.24, 2.45) is 0 Å². The van der Waals surface area contributed by atoms with Crippen LogP contribution < -0.4 is 5.32 Å². The Morgan fingerprint density at radius 2 is 1.86 bits per heavy atom. The molecule has 108 valence electrons. The highest BCUT2D eigenvalue weighted by Crippen LogP contribution is 2.28. The van der Waals surface area contributed by atoms with Gasteiger partial charge in [0.05, 0.1) is 6.04 Å². The molecule has 0 spiro atoms. The quantitative estimate of drug-likeness (QED) is 0.723. The van der Waals surface area contributed by atoms with E-state index in [9.17, 15) is 0 Å². The van der Waals surface area contributed by atoms with Crippen LogP contribution in [0.4, 0.5) is 0 Å². The minimum absolute atomic E-state index is 0.110. The molecule has 0 aliphatic carbocycles. The second-order valence-electron chi connectivity index (χ2n) is 5.49. The van der Waals surface area contributed by atoms with Crippen LogP contribution in [0.5, 0.6) is 0 Å². The number of hydrogen-bond donors (Lipinski definition) is 1. The van der Waals surface area contributed by atoms with Crippen molar-refractivity contribution < 1.29 is 4.42 Å². The fourth-order valence-electron chi connectivity index (χ4n) is 2.64. The van der Waals surface area contributed by atoms with Gasteiger partial charge in [0.2, 0.25) is 0 Å². The van der Waals surface area contributed by atoms with Crippen molar-refractivity contribution in [1.29, 1.82) is 0 Å². The molecule has 0 radical (unpaired) electrons. The van der Waals surface area contributed by atoms with E-state index in [1.807, 2.05) is 6.07 Å². The molecule has 0 aliphatic rings. The Morgan fingerprint density at radius 3 is 2.62 bits per heavy atom. The molecular weight excluding hydrogens is 258 g/mol. The van der Waals surface area contributed by atoms with Gasteiger partial charge in [-0.15, -0.1) is 0 Å². The predicted octanol–water partition coefficient (Wildman–Crippen LogP) is 4.83. The molecule has 0 amide bonds. The lowest BCUT2D eigenvalue weighted by molar-refractivity contribution is 0.469. The smallest absolute Gasteiger partial charge is 0.134 e. The van der Waals surface area contributed by atoms with Gasteiger partial charge >= 0.3 is 0 Å². The number of furan rings is 1. The van der Waals surface area contributed by atoms with Gasteiger partial charge in [-0.3, -0.25) is 0 Å². The summed E-state index contributed by atoms with van der Waals surface area (Å²) in [4.78, 5) is 0. The Balaban J connectivity index is 2.01. The number of nitrogens with one attached hydrogen (secondary N) is 1. The third kappa shape index (κ3) is 3.01.